The molecule has 1 heterocycles. The van der Waals surface area contributed by atoms with E-state index in [9.17, 15) is 4.79 Å². The third-order valence-corrected chi connectivity index (χ3v) is 2.41. The summed E-state index contributed by atoms with van der Waals surface area (Å²) in [5.74, 6) is -0.276. The number of furan rings is 1. The highest BCUT2D eigenvalue weighted by molar-refractivity contribution is 5.87. The molecule has 1 aromatic rings. The smallest absolute Gasteiger partial charge is 0.374 e. The number of rotatable bonds is 6. The van der Waals surface area contributed by atoms with E-state index < -0.39 is 5.97 Å². The highest BCUT2D eigenvalue weighted by atomic mass is 16.5. The van der Waals surface area contributed by atoms with E-state index in [0.717, 1.165) is 12.0 Å². The van der Waals surface area contributed by atoms with E-state index >= 15 is 0 Å². The Morgan fingerprint density at radius 3 is 3.00 bits per heavy atom. The molecule has 2 N–H and O–H groups in total. The van der Waals surface area contributed by atoms with Crippen LogP contribution in [-0.2, 0) is 11.3 Å². The minimum atomic E-state index is -0.487. The van der Waals surface area contributed by atoms with Gasteiger partial charge in [-0.15, -0.1) is 0 Å². The van der Waals surface area contributed by atoms with Gasteiger partial charge in [0.25, 0.3) is 0 Å². The second-order valence-electron chi connectivity index (χ2n) is 3.44. The predicted octanol–water partition coefficient (Wildman–Crippen LogP) is 0.927. The Morgan fingerprint density at radius 1 is 1.69 bits per heavy atom. The summed E-state index contributed by atoms with van der Waals surface area (Å²) in [6, 6.07) is 1.74. The third kappa shape index (κ3) is 3.08. The molecule has 0 aromatic carbocycles. The van der Waals surface area contributed by atoms with Gasteiger partial charge >= 0.3 is 5.97 Å². The predicted molar refractivity (Wildman–Crippen MR) is 58.1 cm³/mol. The molecule has 0 aliphatic carbocycles. The van der Waals surface area contributed by atoms with Crippen molar-refractivity contribution >= 4 is 5.97 Å². The average Bonchev–Trinajstić information content (AvgIpc) is 2.77. The van der Waals surface area contributed by atoms with Gasteiger partial charge in [0, 0.05) is 18.2 Å². The SMILES string of the molecule is CC[C@@H](CO)NCc1ccoc1C(=O)OC. The Balaban J connectivity index is 2.60. The maximum absolute atomic E-state index is 11.3. The Bertz CT molecular complexity index is 330. The Morgan fingerprint density at radius 2 is 2.44 bits per heavy atom. The molecule has 0 aliphatic heterocycles. The molecular formula is C11H17NO4. The summed E-state index contributed by atoms with van der Waals surface area (Å²) >= 11 is 0. The fraction of sp³-hybridized carbons (Fsp3) is 0.545. The van der Waals surface area contributed by atoms with Gasteiger partial charge in [-0.05, 0) is 12.5 Å². The summed E-state index contributed by atoms with van der Waals surface area (Å²) in [5, 5.41) is 12.1. The van der Waals surface area contributed by atoms with E-state index in [2.05, 4.69) is 10.1 Å². The minimum absolute atomic E-state index is 0.0281. The molecule has 0 saturated heterocycles. The van der Waals surface area contributed by atoms with Crippen molar-refractivity contribution in [2.45, 2.75) is 25.9 Å². The standard InChI is InChI=1S/C11H17NO4/c1-3-9(7-13)12-6-8-4-5-16-10(8)11(14)15-2/h4-5,9,12-13H,3,6-7H2,1-2H3/t9-/m0/s1. The van der Waals surface area contributed by atoms with Gasteiger partial charge in [-0.2, -0.15) is 0 Å². The quantitative estimate of drug-likeness (QED) is 0.707. The number of nitrogens with one attached hydrogen (secondary N) is 1. The third-order valence-electron chi connectivity index (χ3n) is 2.41. The number of carbonyl (C=O) groups excluding carboxylic acids is 1. The van der Waals surface area contributed by atoms with Gasteiger partial charge in [0.2, 0.25) is 5.76 Å². The van der Waals surface area contributed by atoms with E-state index in [0.29, 0.717) is 6.54 Å². The summed E-state index contributed by atoms with van der Waals surface area (Å²) in [6.45, 7) is 2.52. The number of ether oxygens (including phenoxy) is 1. The summed E-state index contributed by atoms with van der Waals surface area (Å²) < 4.78 is 9.62. The molecule has 0 fully saturated rings. The molecular weight excluding hydrogens is 210 g/mol. The van der Waals surface area contributed by atoms with E-state index in [1.54, 1.807) is 6.07 Å². The van der Waals surface area contributed by atoms with Crippen LogP contribution in [0.2, 0.25) is 0 Å². The number of aliphatic hydroxyl groups is 1. The Labute approximate surface area is 94.4 Å². The zero-order valence-electron chi connectivity index (χ0n) is 9.53. The van der Waals surface area contributed by atoms with Crippen LogP contribution < -0.4 is 5.32 Å². The average molecular weight is 227 g/mol. The number of hydrogen-bond donors (Lipinski definition) is 2. The first-order valence-corrected chi connectivity index (χ1v) is 5.21. The first-order valence-electron chi connectivity index (χ1n) is 5.21. The minimum Gasteiger partial charge on any atom is -0.463 e. The van der Waals surface area contributed by atoms with Crippen LogP contribution in [0.15, 0.2) is 16.7 Å². The molecule has 0 unspecified atom stereocenters. The lowest BCUT2D eigenvalue weighted by molar-refractivity contribution is 0.0563. The fourth-order valence-electron chi connectivity index (χ4n) is 1.34. The van der Waals surface area contributed by atoms with E-state index in [4.69, 9.17) is 9.52 Å². The van der Waals surface area contributed by atoms with Crippen LogP contribution in [0.25, 0.3) is 0 Å². The first kappa shape index (κ1) is 12.7. The molecule has 1 aromatic heterocycles. The van der Waals surface area contributed by atoms with Crippen molar-refractivity contribution in [3.05, 3.63) is 23.7 Å². The molecule has 1 rings (SSSR count). The highest BCUT2D eigenvalue weighted by Gasteiger charge is 2.16. The molecule has 0 bridgehead atoms. The lowest BCUT2D eigenvalue weighted by Gasteiger charge is -2.13. The van der Waals surface area contributed by atoms with Crippen molar-refractivity contribution in [3.8, 4) is 0 Å². The van der Waals surface area contributed by atoms with Gasteiger partial charge in [-0.25, -0.2) is 4.79 Å². The van der Waals surface area contributed by atoms with Crippen LogP contribution in [0, 0.1) is 0 Å². The van der Waals surface area contributed by atoms with Gasteiger partial charge in [-0.1, -0.05) is 6.92 Å². The summed E-state index contributed by atoms with van der Waals surface area (Å²) in [7, 11) is 1.31. The van der Waals surface area contributed by atoms with Crippen LogP contribution in [0.4, 0.5) is 0 Å². The normalized spacial score (nSPS) is 12.4. The molecule has 5 nitrogen and oxygen atoms in total. The number of methoxy groups -OCH3 is 1. The molecule has 5 heteroatoms. The Kier molecular flexibility index (Phi) is 5.01. The zero-order chi connectivity index (χ0) is 12.0. The van der Waals surface area contributed by atoms with Crippen molar-refractivity contribution in [1.82, 2.24) is 5.32 Å². The largest absolute Gasteiger partial charge is 0.463 e. The molecule has 0 aliphatic rings. The van der Waals surface area contributed by atoms with Crippen LogP contribution in [0.3, 0.4) is 0 Å². The molecule has 1 atom stereocenters. The van der Waals surface area contributed by atoms with Gasteiger partial charge < -0.3 is 19.6 Å². The van der Waals surface area contributed by atoms with Crippen molar-refractivity contribution in [2.75, 3.05) is 13.7 Å². The second-order valence-corrected chi connectivity index (χ2v) is 3.44. The molecule has 0 radical (unpaired) electrons. The van der Waals surface area contributed by atoms with Crippen molar-refractivity contribution in [2.24, 2.45) is 0 Å². The molecule has 0 spiro atoms. The lowest BCUT2D eigenvalue weighted by atomic mass is 10.2. The van der Waals surface area contributed by atoms with Gasteiger partial charge in [0.1, 0.15) is 0 Å². The van der Waals surface area contributed by atoms with Crippen molar-refractivity contribution in [3.63, 3.8) is 0 Å². The first-order chi connectivity index (χ1) is 7.72. The number of hydrogen-bond acceptors (Lipinski definition) is 5. The van der Waals surface area contributed by atoms with Crippen molar-refractivity contribution in [1.29, 1.82) is 0 Å². The maximum atomic E-state index is 11.3. The van der Waals surface area contributed by atoms with Crippen LogP contribution in [-0.4, -0.2) is 30.8 Å². The van der Waals surface area contributed by atoms with E-state index in [-0.39, 0.29) is 18.4 Å². The molecule has 90 valence electrons. The van der Waals surface area contributed by atoms with Crippen molar-refractivity contribution < 1.29 is 19.1 Å². The van der Waals surface area contributed by atoms with Gasteiger partial charge in [-0.3, -0.25) is 0 Å². The number of carbonyl (C=O) groups is 1. The summed E-state index contributed by atoms with van der Waals surface area (Å²) in [5.41, 5.74) is 0.735. The molecule has 0 amide bonds. The lowest BCUT2D eigenvalue weighted by Crippen LogP contribution is -2.31. The molecule has 0 saturated carbocycles. The maximum Gasteiger partial charge on any atom is 0.374 e. The van der Waals surface area contributed by atoms with E-state index in [1.165, 1.54) is 13.4 Å². The van der Waals surface area contributed by atoms with Crippen LogP contribution >= 0.6 is 0 Å². The number of esters is 1. The van der Waals surface area contributed by atoms with E-state index in [1.807, 2.05) is 6.92 Å². The molecule has 16 heavy (non-hydrogen) atoms. The monoisotopic (exact) mass is 227 g/mol. The van der Waals surface area contributed by atoms with Crippen LogP contribution in [0.5, 0.6) is 0 Å². The highest BCUT2D eigenvalue weighted by Crippen LogP contribution is 2.11. The van der Waals surface area contributed by atoms with Gasteiger partial charge in [0.05, 0.1) is 20.0 Å². The fourth-order valence-corrected chi connectivity index (χ4v) is 1.34. The number of aliphatic hydroxyl groups excluding tert-OH is 1. The zero-order valence-corrected chi connectivity index (χ0v) is 9.53. The van der Waals surface area contributed by atoms with Gasteiger partial charge in [0.15, 0.2) is 0 Å². The Hall–Kier alpha value is -1.33. The topological polar surface area (TPSA) is 71.7 Å². The summed E-state index contributed by atoms with van der Waals surface area (Å²) in [6.07, 6.45) is 2.27. The van der Waals surface area contributed by atoms with Crippen LogP contribution in [0.1, 0.15) is 29.5 Å². The summed E-state index contributed by atoms with van der Waals surface area (Å²) in [4.78, 5) is 11.3. The second kappa shape index (κ2) is 6.30.